The highest BCUT2D eigenvalue weighted by Gasteiger charge is 2.06. The average molecular weight is 252 g/mol. The van der Waals surface area contributed by atoms with Gasteiger partial charge in [0.15, 0.2) is 5.82 Å². The van der Waals surface area contributed by atoms with Crippen molar-refractivity contribution in [3.8, 4) is 11.4 Å². The first kappa shape index (κ1) is 12.0. The number of hydrogen-bond acceptors (Lipinski definition) is 3. The minimum Gasteiger partial charge on any atom is -0.314 e. The van der Waals surface area contributed by atoms with Crippen molar-refractivity contribution in [1.82, 2.24) is 15.3 Å². The zero-order valence-corrected chi connectivity index (χ0v) is 10.0. The molecule has 17 heavy (non-hydrogen) atoms. The van der Waals surface area contributed by atoms with E-state index in [-0.39, 0.29) is 5.02 Å². The third kappa shape index (κ3) is 2.78. The Bertz CT molecular complexity index is 531. The van der Waals surface area contributed by atoms with Crippen molar-refractivity contribution in [3.63, 3.8) is 0 Å². The van der Waals surface area contributed by atoms with E-state index in [1.807, 2.05) is 13.1 Å². The van der Waals surface area contributed by atoms with Crippen LogP contribution >= 0.6 is 11.6 Å². The fraction of sp³-hybridized carbons (Fsp3) is 0.167. The van der Waals surface area contributed by atoms with E-state index in [9.17, 15) is 4.39 Å². The lowest BCUT2D eigenvalue weighted by atomic mass is 10.2. The maximum Gasteiger partial charge on any atom is 0.159 e. The first-order valence-electron chi connectivity index (χ1n) is 5.12. The van der Waals surface area contributed by atoms with Crippen LogP contribution in [-0.2, 0) is 6.54 Å². The standard InChI is InChI=1S/C12H11ClFN3/c1-15-7-9-4-5-16-12(17-9)8-2-3-11(14)10(13)6-8/h2-6,15H,7H2,1H3. The molecule has 0 radical (unpaired) electrons. The van der Waals surface area contributed by atoms with Crippen LogP contribution in [0.3, 0.4) is 0 Å². The van der Waals surface area contributed by atoms with Gasteiger partial charge < -0.3 is 5.32 Å². The summed E-state index contributed by atoms with van der Waals surface area (Å²) in [6.45, 7) is 0.657. The largest absolute Gasteiger partial charge is 0.314 e. The Morgan fingerprint density at radius 1 is 1.35 bits per heavy atom. The quantitative estimate of drug-likeness (QED) is 0.911. The zero-order valence-electron chi connectivity index (χ0n) is 9.24. The molecule has 1 aromatic heterocycles. The number of halogens is 2. The van der Waals surface area contributed by atoms with Crippen LogP contribution in [0.15, 0.2) is 30.5 Å². The van der Waals surface area contributed by atoms with Crippen LogP contribution < -0.4 is 5.32 Å². The smallest absolute Gasteiger partial charge is 0.159 e. The Morgan fingerprint density at radius 3 is 2.88 bits per heavy atom. The summed E-state index contributed by atoms with van der Waals surface area (Å²) < 4.78 is 13.0. The molecule has 2 aromatic rings. The molecule has 1 heterocycles. The normalized spacial score (nSPS) is 10.5. The Kier molecular flexibility index (Phi) is 3.66. The molecule has 0 saturated carbocycles. The third-order valence-electron chi connectivity index (χ3n) is 2.25. The van der Waals surface area contributed by atoms with Gasteiger partial charge in [0.1, 0.15) is 5.82 Å². The van der Waals surface area contributed by atoms with E-state index in [0.717, 1.165) is 5.69 Å². The molecule has 2 rings (SSSR count). The molecule has 0 aliphatic rings. The lowest BCUT2D eigenvalue weighted by molar-refractivity contribution is 0.628. The molecule has 3 nitrogen and oxygen atoms in total. The van der Waals surface area contributed by atoms with Crippen molar-refractivity contribution in [1.29, 1.82) is 0 Å². The van der Waals surface area contributed by atoms with E-state index < -0.39 is 5.82 Å². The summed E-state index contributed by atoms with van der Waals surface area (Å²) >= 11 is 5.72. The van der Waals surface area contributed by atoms with Crippen LogP contribution in [-0.4, -0.2) is 17.0 Å². The Morgan fingerprint density at radius 2 is 2.18 bits per heavy atom. The molecule has 0 amide bonds. The van der Waals surface area contributed by atoms with Crippen LogP contribution in [0.5, 0.6) is 0 Å². The summed E-state index contributed by atoms with van der Waals surface area (Å²) in [5.41, 5.74) is 1.58. The predicted octanol–water partition coefficient (Wildman–Crippen LogP) is 2.66. The molecule has 0 aliphatic heterocycles. The van der Waals surface area contributed by atoms with E-state index in [2.05, 4.69) is 15.3 Å². The van der Waals surface area contributed by atoms with E-state index in [1.165, 1.54) is 12.1 Å². The molecule has 0 aliphatic carbocycles. The van der Waals surface area contributed by atoms with Crippen LogP contribution in [0.1, 0.15) is 5.69 Å². The number of rotatable bonds is 3. The summed E-state index contributed by atoms with van der Waals surface area (Å²) in [5.74, 6) is 0.0986. The molecule has 0 saturated heterocycles. The van der Waals surface area contributed by atoms with Gasteiger partial charge in [-0.15, -0.1) is 0 Å². The molecule has 1 aromatic carbocycles. The molecule has 0 unspecified atom stereocenters. The van der Waals surface area contributed by atoms with Crippen LogP contribution in [0.25, 0.3) is 11.4 Å². The van der Waals surface area contributed by atoms with Crippen molar-refractivity contribution in [2.75, 3.05) is 7.05 Å². The summed E-state index contributed by atoms with van der Waals surface area (Å²) in [7, 11) is 1.84. The second kappa shape index (κ2) is 5.21. The number of nitrogens with zero attached hydrogens (tertiary/aromatic N) is 2. The molecular formula is C12H11ClFN3. The monoisotopic (exact) mass is 251 g/mol. The zero-order chi connectivity index (χ0) is 12.3. The molecule has 1 N–H and O–H groups in total. The van der Waals surface area contributed by atoms with Gasteiger partial charge in [-0.25, -0.2) is 14.4 Å². The summed E-state index contributed by atoms with van der Waals surface area (Å²) in [6, 6.07) is 6.27. The molecule has 0 bridgehead atoms. The minimum atomic E-state index is -0.443. The van der Waals surface area contributed by atoms with Crippen LogP contribution in [0.2, 0.25) is 5.02 Å². The lowest BCUT2D eigenvalue weighted by Gasteiger charge is -2.04. The summed E-state index contributed by atoms with van der Waals surface area (Å²) in [6.07, 6.45) is 1.67. The molecule has 0 spiro atoms. The number of benzene rings is 1. The van der Waals surface area contributed by atoms with Gasteiger partial charge in [0.05, 0.1) is 10.7 Å². The van der Waals surface area contributed by atoms with Crippen molar-refractivity contribution >= 4 is 11.6 Å². The minimum absolute atomic E-state index is 0.0742. The highest BCUT2D eigenvalue weighted by molar-refractivity contribution is 6.31. The van der Waals surface area contributed by atoms with Crippen LogP contribution in [0.4, 0.5) is 4.39 Å². The summed E-state index contributed by atoms with van der Waals surface area (Å²) in [5, 5.41) is 3.08. The van der Waals surface area contributed by atoms with Gasteiger partial charge in [0.25, 0.3) is 0 Å². The van der Waals surface area contributed by atoms with Gasteiger partial charge in [0, 0.05) is 18.3 Å². The van der Waals surface area contributed by atoms with E-state index in [0.29, 0.717) is 17.9 Å². The SMILES string of the molecule is CNCc1ccnc(-c2ccc(F)c(Cl)c2)n1. The second-order valence-corrected chi connectivity index (χ2v) is 3.94. The maximum atomic E-state index is 13.0. The lowest BCUT2D eigenvalue weighted by Crippen LogP contribution is -2.07. The van der Waals surface area contributed by atoms with Gasteiger partial charge in [0.2, 0.25) is 0 Å². The molecule has 88 valence electrons. The number of nitrogens with one attached hydrogen (secondary N) is 1. The van der Waals surface area contributed by atoms with Gasteiger partial charge in [-0.1, -0.05) is 11.6 Å². The van der Waals surface area contributed by atoms with Gasteiger partial charge in [-0.3, -0.25) is 0 Å². The predicted molar refractivity (Wildman–Crippen MR) is 65.2 cm³/mol. The fourth-order valence-electron chi connectivity index (χ4n) is 1.45. The van der Waals surface area contributed by atoms with Gasteiger partial charge in [-0.05, 0) is 31.3 Å². The fourth-order valence-corrected chi connectivity index (χ4v) is 1.63. The Labute approximate surface area is 104 Å². The molecule has 5 heteroatoms. The Balaban J connectivity index is 2.38. The van der Waals surface area contributed by atoms with Crippen molar-refractivity contribution < 1.29 is 4.39 Å². The van der Waals surface area contributed by atoms with E-state index in [1.54, 1.807) is 12.3 Å². The topological polar surface area (TPSA) is 37.8 Å². The highest BCUT2D eigenvalue weighted by Crippen LogP contribution is 2.22. The first-order valence-corrected chi connectivity index (χ1v) is 5.50. The van der Waals surface area contributed by atoms with Crippen molar-refractivity contribution in [3.05, 3.63) is 47.0 Å². The van der Waals surface area contributed by atoms with Crippen molar-refractivity contribution in [2.24, 2.45) is 0 Å². The van der Waals surface area contributed by atoms with E-state index in [4.69, 9.17) is 11.6 Å². The van der Waals surface area contributed by atoms with E-state index >= 15 is 0 Å². The molecule has 0 atom stereocenters. The second-order valence-electron chi connectivity index (χ2n) is 3.53. The van der Waals surface area contributed by atoms with Gasteiger partial charge in [-0.2, -0.15) is 0 Å². The highest BCUT2D eigenvalue weighted by atomic mass is 35.5. The van der Waals surface area contributed by atoms with Crippen molar-refractivity contribution in [2.45, 2.75) is 6.54 Å². The first-order chi connectivity index (χ1) is 8.20. The average Bonchev–Trinajstić information content (AvgIpc) is 2.33. The number of hydrogen-bond donors (Lipinski definition) is 1. The Hall–Kier alpha value is -1.52. The maximum absolute atomic E-state index is 13.0. The molecule has 0 fully saturated rings. The van der Waals surface area contributed by atoms with Gasteiger partial charge >= 0.3 is 0 Å². The summed E-state index contributed by atoms with van der Waals surface area (Å²) in [4.78, 5) is 8.49. The van der Waals surface area contributed by atoms with Crippen LogP contribution in [0, 0.1) is 5.82 Å². The number of aromatic nitrogens is 2. The molecular weight excluding hydrogens is 241 g/mol. The third-order valence-corrected chi connectivity index (χ3v) is 2.54.